The van der Waals surface area contributed by atoms with Gasteiger partial charge >= 0.3 is 0 Å². The van der Waals surface area contributed by atoms with Crippen LogP contribution < -0.4 is 10.0 Å². The Hall–Kier alpha value is -3.33. The van der Waals surface area contributed by atoms with Crippen LogP contribution in [0.3, 0.4) is 0 Å². The van der Waals surface area contributed by atoms with E-state index in [4.69, 9.17) is 0 Å². The Morgan fingerprint density at radius 3 is 2.46 bits per heavy atom. The third kappa shape index (κ3) is 5.34. The van der Waals surface area contributed by atoms with Crippen LogP contribution in [0.4, 0.5) is 11.5 Å². The summed E-state index contributed by atoms with van der Waals surface area (Å²) in [4.78, 5) is 24.4. The molecular formula is C19H19N5O3S. The summed E-state index contributed by atoms with van der Waals surface area (Å²) in [5.74, 6) is -0.263. The normalized spacial score (nSPS) is 11.0. The Labute approximate surface area is 163 Å². The largest absolute Gasteiger partial charge is 0.326 e. The SMILES string of the molecule is CCS(=O)(=O)Nc1cncc(CC(=O)Nc2ccc(-c3cccnc3)cc2)n1. The molecule has 0 fully saturated rings. The van der Waals surface area contributed by atoms with Gasteiger partial charge in [-0.1, -0.05) is 18.2 Å². The number of hydrogen-bond donors (Lipinski definition) is 2. The fourth-order valence-electron chi connectivity index (χ4n) is 2.42. The van der Waals surface area contributed by atoms with Crippen LogP contribution in [-0.2, 0) is 21.2 Å². The number of rotatable bonds is 7. The van der Waals surface area contributed by atoms with Gasteiger partial charge in [0.1, 0.15) is 0 Å². The Morgan fingerprint density at radius 2 is 1.79 bits per heavy atom. The highest BCUT2D eigenvalue weighted by molar-refractivity contribution is 7.92. The first kappa shape index (κ1) is 19.4. The Kier molecular flexibility index (Phi) is 5.95. The van der Waals surface area contributed by atoms with Gasteiger partial charge in [0.2, 0.25) is 15.9 Å². The zero-order valence-corrected chi connectivity index (χ0v) is 16.0. The molecule has 0 aliphatic carbocycles. The molecule has 0 atom stereocenters. The number of hydrogen-bond acceptors (Lipinski definition) is 6. The summed E-state index contributed by atoms with van der Waals surface area (Å²) in [6, 6.07) is 11.2. The van der Waals surface area contributed by atoms with E-state index in [-0.39, 0.29) is 23.9 Å². The Balaban J connectivity index is 1.63. The first-order valence-corrected chi connectivity index (χ1v) is 10.2. The second-order valence-corrected chi connectivity index (χ2v) is 7.96. The molecular weight excluding hydrogens is 378 g/mol. The van der Waals surface area contributed by atoms with Crippen LogP contribution in [0.15, 0.2) is 61.2 Å². The first-order valence-electron chi connectivity index (χ1n) is 8.57. The molecule has 28 heavy (non-hydrogen) atoms. The number of nitrogens with one attached hydrogen (secondary N) is 2. The van der Waals surface area contributed by atoms with Crippen LogP contribution in [-0.4, -0.2) is 35.0 Å². The molecule has 3 aromatic rings. The average Bonchev–Trinajstić information content (AvgIpc) is 2.69. The number of sulfonamides is 1. The van der Waals surface area contributed by atoms with E-state index in [0.29, 0.717) is 11.4 Å². The molecule has 8 nitrogen and oxygen atoms in total. The maximum atomic E-state index is 12.3. The summed E-state index contributed by atoms with van der Waals surface area (Å²) in [5, 5.41) is 2.79. The topological polar surface area (TPSA) is 114 Å². The number of benzene rings is 1. The quantitative estimate of drug-likeness (QED) is 0.633. The van der Waals surface area contributed by atoms with Crippen molar-refractivity contribution in [3.8, 4) is 11.1 Å². The van der Waals surface area contributed by atoms with E-state index < -0.39 is 10.0 Å². The summed E-state index contributed by atoms with van der Waals surface area (Å²) < 4.78 is 25.5. The van der Waals surface area contributed by atoms with Crippen molar-refractivity contribution in [1.82, 2.24) is 15.0 Å². The van der Waals surface area contributed by atoms with Gasteiger partial charge in [-0.25, -0.2) is 13.4 Å². The fraction of sp³-hybridized carbons (Fsp3) is 0.158. The molecule has 0 saturated heterocycles. The lowest BCUT2D eigenvalue weighted by molar-refractivity contribution is -0.115. The molecule has 1 amide bonds. The Bertz CT molecular complexity index is 1050. The minimum atomic E-state index is -3.45. The number of amides is 1. The molecule has 144 valence electrons. The van der Waals surface area contributed by atoms with Gasteiger partial charge in [-0.05, 0) is 36.2 Å². The van der Waals surface area contributed by atoms with Crippen molar-refractivity contribution in [2.75, 3.05) is 15.8 Å². The molecule has 0 aliphatic rings. The average molecular weight is 397 g/mol. The second-order valence-electron chi connectivity index (χ2n) is 5.95. The van der Waals surface area contributed by atoms with Crippen molar-refractivity contribution in [3.05, 3.63) is 66.9 Å². The van der Waals surface area contributed by atoms with E-state index >= 15 is 0 Å². The minimum Gasteiger partial charge on any atom is -0.326 e. The standard InChI is InChI=1S/C19H19N5O3S/c1-2-28(26,27)24-18-13-21-12-17(22-18)10-19(25)23-16-7-5-14(6-8-16)15-4-3-9-20-11-15/h3-9,11-13H,2,10H2,1H3,(H,22,24)(H,23,25). The predicted octanol–water partition coefficient (Wildman–Crippen LogP) is 2.48. The molecule has 1 aromatic carbocycles. The smallest absolute Gasteiger partial charge is 0.233 e. The minimum absolute atomic E-state index is 0.0287. The molecule has 2 heterocycles. The molecule has 0 spiro atoms. The van der Waals surface area contributed by atoms with Crippen molar-refractivity contribution in [2.24, 2.45) is 0 Å². The monoisotopic (exact) mass is 397 g/mol. The summed E-state index contributed by atoms with van der Waals surface area (Å²) >= 11 is 0. The van der Waals surface area contributed by atoms with Crippen LogP contribution in [0, 0.1) is 0 Å². The van der Waals surface area contributed by atoms with Gasteiger partial charge in [0, 0.05) is 24.3 Å². The summed E-state index contributed by atoms with van der Waals surface area (Å²) in [5.41, 5.74) is 2.99. The number of carbonyl (C=O) groups is 1. The van der Waals surface area contributed by atoms with Gasteiger partial charge in [-0.15, -0.1) is 0 Å². The molecule has 9 heteroatoms. The lowest BCUT2D eigenvalue weighted by atomic mass is 10.1. The van der Waals surface area contributed by atoms with Crippen molar-refractivity contribution >= 4 is 27.4 Å². The molecule has 3 rings (SSSR count). The van der Waals surface area contributed by atoms with Crippen LogP contribution >= 0.6 is 0 Å². The molecule has 2 N–H and O–H groups in total. The van der Waals surface area contributed by atoms with Crippen molar-refractivity contribution < 1.29 is 13.2 Å². The van der Waals surface area contributed by atoms with E-state index in [1.807, 2.05) is 24.3 Å². The maximum Gasteiger partial charge on any atom is 0.233 e. The van der Waals surface area contributed by atoms with Crippen LogP contribution in [0.2, 0.25) is 0 Å². The molecule has 0 bridgehead atoms. The fourth-order valence-corrected chi connectivity index (χ4v) is 2.98. The molecule has 0 unspecified atom stereocenters. The third-order valence-corrected chi connectivity index (χ3v) is 5.11. The zero-order valence-electron chi connectivity index (χ0n) is 15.2. The lowest BCUT2D eigenvalue weighted by Crippen LogP contribution is -2.18. The molecule has 0 radical (unpaired) electrons. The van der Waals surface area contributed by atoms with Gasteiger partial charge in [-0.3, -0.25) is 19.5 Å². The van der Waals surface area contributed by atoms with E-state index in [1.165, 1.54) is 19.3 Å². The summed E-state index contributed by atoms with van der Waals surface area (Å²) in [6.07, 6.45) is 6.18. The summed E-state index contributed by atoms with van der Waals surface area (Å²) in [6.45, 7) is 1.52. The van der Waals surface area contributed by atoms with Crippen LogP contribution in [0.1, 0.15) is 12.6 Å². The zero-order chi connectivity index (χ0) is 20.0. The maximum absolute atomic E-state index is 12.3. The van der Waals surface area contributed by atoms with Gasteiger partial charge in [0.25, 0.3) is 0 Å². The van der Waals surface area contributed by atoms with Crippen LogP contribution in [0.25, 0.3) is 11.1 Å². The van der Waals surface area contributed by atoms with E-state index in [9.17, 15) is 13.2 Å². The highest BCUT2D eigenvalue weighted by atomic mass is 32.2. The van der Waals surface area contributed by atoms with Crippen molar-refractivity contribution in [2.45, 2.75) is 13.3 Å². The van der Waals surface area contributed by atoms with E-state index in [1.54, 1.807) is 24.5 Å². The highest BCUT2D eigenvalue weighted by Gasteiger charge is 2.11. The molecule has 2 aromatic heterocycles. The van der Waals surface area contributed by atoms with E-state index in [0.717, 1.165) is 11.1 Å². The molecule has 0 saturated carbocycles. The number of aromatic nitrogens is 3. The van der Waals surface area contributed by atoms with E-state index in [2.05, 4.69) is 25.0 Å². The predicted molar refractivity (Wildman–Crippen MR) is 107 cm³/mol. The molecule has 0 aliphatic heterocycles. The van der Waals surface area contributed by atoms with Crippen LogP contribution in [0.5, 0.6) is 0 Å². The van der Waals surface area contributed by atoms with Gasteiger partial charge in [0.05, 0.1) is 24.1 Å². The lowest BCUT2D eigenvalue weighted by Gasteiger charge is -2.08. The summed E-state index contributed by atoms with van der Waals surface area (Å²) in [7, 11) is -3.45. The van der Waals surface area contributed by atoms with Crippen molar-refractivity contribution in [1.29, 1.82) is 0 Å². The second kappa shape index (κ2) is 8.57. The Morgan fingerprint density at radius 1 is 1.00 bits per heavy atom. The van der Waals surface area contributed by atoms with Gasteiger partial charge < -0.3 is 5.32 Å². The number of pyridine rings is 1. The highest BCUT2D eigenvalue weighted by Crippen LogP contribution is 2.20. The third-order valence-electron chi connectivity index (χ3n) is 3.83. The number of carbonyl (C=O) groups excluding carboxylic acids is 1. The first-order chi connectivity index (χ1) is 13.4. The number of anilines is 2. The number of nitrogens with zero attached hydrogens (tertiary/aromatic N) is 3. The van der Waals surface area contributed by atoms with Crippen molar-refractivity contribution in [3.63, 3.8) is 0 Å². The van der Waals surface area contributed by atoms with Gasteiger partial charge in [-0.2, -0.15) is 0 Å². The van der Waals surface area contributed by atoms with Gasteiger partial charge in [0.15, 0.2) is 5.82 Å².